The maximum atomic E-state index is 12.4. The zero-order chi connectivity index (χ0) is 12.6. The molecular formula is C14H26N2O. The smallest absolute Gasteiger partial charge is 0.226 e. The molecule has 0 spiro atoms. The normalized spacial score (nSPS) is 35.4. The van der Waals surface area contributed by atoms with E-state index in [1.54, 1.807) is 0 Å². The Morgan fingerprint density at radius 3 is 2.47 bits per heavy atom. The first-order chi connectivity index (χ1) is 7.97. The number of hydrogen-bond donors (Lipinski definition) is 1. The lowest BCUT2D eigenvalue weighted by molar-refractivity contribution is -0.135. The van der Waals surface area contributed by atoms with E-state index < -0.39 is 0 Å². The average molecular weight is 238 g/mol. The van der Waals surface area contributed by atoms with Crippen molar-refractivity contribution >= 4 is 5.91 Å². The van der Waals surface area contributed by atoms with Crippen molar-refractivity contribution in [1.29, 1.82) is 0 Å². The second-order valence-corrected chi connectivity index (χ2v) is 6.54. The van der Waals surface area contributed by atoms with Gasteiger partial charge in [-0.1, -0.05) is 26.7 Å². The van der Waals surface area contributed by atoms with Crippen LogP contribution in [0.2, 0.25) is 0 Å². The number of rotatable bonds is 3. The summed E-state index contributed by atoms with van der Waals surface area (Å²) in [6, 6.07) is 0.387. The summed E-state index contributed by atoms with van der Waals surface area (Å²) in [6.07, 6.45) is 5.89. The molecular weight excluding hydrogens is 212 g/mol. The first-order valence-corrected chi connectivity index (χ1v) is 6.94. The summed E-state index contributed by atoms with van der Waals surface area (Å²) in [5.41, 5.74) is 6.07. The molecule has 3 heteroatoms. The van der Waals surface area contributed by atoms with Crippen LogP contribution in [0.5, 0.6) is 0 Å². The van der Waals surface area contributed by atoms with Crippen LogP contribution in [0.15, 0.2) is 0 Å². The number of nitrogens with zero attached hydrogens (tertiary/aromatic N) is 1. The molecule has 2 aliphatic carbocycles. The second kappa shape index (κ2) is 4.60. The standard InChI is InChI=1S/C14H26N2O/c1-14(2)8-11(14)13(17)16(3)12-7-5-4-6-10(12)9-15/h10-12H,4-9,15H2,1-3H3. The van der Waals surface area contributed by atoms with Gasteiger partial charge in [0.25, 0.3) is 0 Å². The third-order valence-corrected chi connectivity index (χ3v) is 4.83. The van der Waals surface area contributed by atoms with Crippen molar-refractivity contribution in [3.05, 3.63) is 0 Å². The molecule has 3 unspecified atom stereocenters. The van der Waals surface area contributed by atoms with Gasteiger partial charge in [-0.05, 0) is 37.1 Å². The number of carbonyl (C=O) groups excluding carboxylic acids is 1. The van der Waals surface area contributed by atoms with Crippen LogP contribution < -0.4 is 5.73 Å². The minimum atomic E-state index is 0.234. The summed E-state index contributed by atoms with van der Waals surface area (Å²) in [5.74, 6) is 1.12. The largest absolute Gasteiger partial charge is 0.342 e. The lowest BCUT2D eigenvalue weighted by Crippen LogP contribution is -2.46. The average Bonchev–Trinajstić information content (AvgIpc) is 2.96. The molecule has 2 aliphatic rings. The predicted octanol–water partition coefficient (Wildman–Crippen LogP) is 2.01. The van der Waals surface area contributed by atoms with Gasteiger partial charge in [0.2, 0.25) is 5.91 Å². The number of carbonyl (C=O) groups is 1. The van der Waals surface area contributed by atoms with Crippen molar-refractivity contribution in [2.45, 2.75) is 52.0 Å². The molecule has 0 aliphatic heterocycles. The van der Waals surface area contributed by atoms with E-state index >= 15 is 0 Å². The van der Waals surface area contributed by atoms with Crippen LogP contribution in [-0.4, -0.2) is 30.4 Å². The highest BCUT2D eigenvalue weighted by Crippen LogP contribution is 2.52. The summed E-state index contributed by atoms with van der Waals surface area (Å²) in [4.78, 5) is 14.4. The molecule has 2 rings (SSSR count). The van der Waals surface area contributed by atoms with Crippen LogP contribution in [0.3, 0.4) is 0 Å². The number of amides is 1. The van der Waals surface area contributed by atoms with Crippen molar-refractivity contribution < 1.29 is 4.79 Å². The molecule has 0 saturated heterocycles. The molecule has 0 heterocycles. The van der Waals surface area contributed by atoms with E-state index in [2.05, 4.69) is 13.8 Å². The van der Waals surface area contributed by atoms with Gasteiger partial charge < -0.3 is 10.6 Å². The van der Waals surface area contributed by atoms with Gasteiger partial charge in [-0.3, -0.25) is 4.79 Å². The monoisotopic (exact) mass is 238 g/mol. The summed E-state index contributed by atoms with van der Waals surface area (Å²) in [5, 5.41) is 0. The van der Waals surface area contributed by atoms with Crippen LogP contribution in [0.1, 0.15) is 46.0 Å². The Morgan fingerprint density at radius 2 is 1.94 bits per heavy atom. The van der Waals surface area contributed by atoms with Crippen molar-refractivity contribution in [2.75, 3.05) is 13.6 Å². The Bertz CT molecular complexity index is 301. The van der Waals surface area contributed by atoms with Crippen LogP contribution in [0.4, 0.5) is 0 Å². The van der Waals surface area contributed by atoms with Gasteiger partial charge in [-0.2, -0.15) is 0 Å². The Balaban J connectivity index is 1.98. The third kappa shape index (κ3) is 2.49. The molecule has 2 saturated carbocycles. The molecule has 1 amide bonds. The zero-order valence-electron chi connectivity index (χ0n) is 11.4. The van der Waals surface area contributed by atoms with Crippen LogP contribution in [0, 0.1) is 17.3 Å². The van der Waals surface area contributed by atoms with Gasteiger partial charge in [-0.15, -0.1) is 0 Å². The van der Waals surface area contributed by atoms with Crippen LogP contribution >= 0.6 is 0 Å². The fourth-order valence-electron chi connectivity index (χ4n) is 3.27. The van der Waals surface area contributed by atoms with Crippen molar-refractivity contribution in [1.82, 2.24) is 4.90 Å². The van der Waals surface area contributed by atoms with E-state index in [1.807, 2.05) is 11.9 Å². The topological polar surface area (TPSA) is 46.3 Å². The molecule has 2 N–H and O–H groups in total. The number of hydrogen-bond acceptors (Lipinski definition) is 2. The molecule has 3 atom stereocenters. The molecule has 3 nitrogen and oxygen atoms in total. The Labute approximate surface area is 105 Å². The Morgan fingerprint density at radius 1 is 1.35 bits per heavy atom. The van der Waals surface area contributed by atoms with E-state index in [1.165, 1.54) is 19.3 Å². The quantitative estimate of drug-likeness (QED) is 0.817. The predicted molar refractivity (Wildman–Crippen MR) is 69.5 cm³/mol. The molecule has 0 aromatic carbocycles. The fraction of sp³-hybridized carbons (Fsp3) is 0.929. The Hall–Kier alpha value is -0.570. The first-order valence-electron chi connectivity index (χ1n) is 6.94. The summed E-state index contributed by atoms with van der Waals surface area (Å²) in [7, 11) is 1.98. The molecule has 0 radical (unpaired) electrons. The van der Waals surface area contributed by atoms with Gasteiger partial charge in [0, 0.05) is 19.0 Å². The Kier molecular flexibility index (Phi) is 3.48. The summed E-state index contributed by atoms with van der Waals surface area (Å²) in [6.45, 7) is 5.09. The lowest BCUT2D eigenvalue weighted by Gasteiger charge is -2.38. The minimum absolute atomic E-state index is 0.234. The van der Waals surface area contributed by atoms with Crippen molar-refractivity contribution in [2.24, 2.45) is 23.0 Å². The maximum Gasteiger partial charge on any atom is 0.226 e. The van der Waals surface area contributed by atoms with Gasteiger partial charge in [0.1, 0.15) is 0 Å². The highest BCUT2D eigenvalue weighted by atomic mass is 16.2. The van der Waals surface area contributed by atoms with Gasteiger partial charge in [0.05, 0.1) is 0 Å². The fourth-order valence-corrected chi connectivity index (χ4v) is 3.27. The van der Waals surface area contributed by atoms with Gasteiger partial charge in [0.15, 0.2) is 0 Å². The highest BCUT2D eigenvalue weighted by molar-refractivity contribution is 5.82. The van der Waals surface area contributed by atoms with Gasteiger partial charge >= 0.3 is 0 Å². The molecule has 0 aromatic heterocycles. The SMILES string of the molecule is CN(C(=O)C1CC1(C)C)C1CCCCC1CN. The van der Waals surface area contributed by atoms with Gasteiger partial charge in [-0.25, -0.2) is 0 Å². The summed E-state index contributed by atoms with van der Waals surface area (Å²) >= 11 is 0. The van der Waals surface area contributed by atoms with Crippen molar-refractivity contribution in [3.8, 4) is 0 Å². The van der Waals surface area contributed by atoms with E-state index in [-0.39, 0.29) is 11.3 Å². The second-order valence-electron chi connectivity index (χ2n) is 6.54. The first kappa shape index (κ1) is 12.9. The molecule has 0 bridgehead atoms. The summed E-state index contributed by atoms with van der Waals surface area (Å²) < 4.78 is 0. The van der Waals surface area contributed by atoms with E-state index in [4.69, 9.17) is 5.73 Å². The van der Waals surface area contributed by atoms with Crippen LogP contribution in [0.25, 0.3) is 0 Å². The minimum Gasteiger partial charge on any atom is -0.342 e. The van der Waals surface area contributed by atoms with E-state index in [0.717, 1.165) is 19.4 Å². The zero-order valence-corrected chi connectivity index (χ0v) is 11.4. The maximum absolute atomic E-state index is 12.4. The van der Waals surface area contributed by atoms with E-state index in [0.29, 0.717) is 17.9 Å². The number of nitrogens with two attached hydrogens (primary N) is 1. The highest BCUT2D eigenvalue weighted by Gasteiger charge is 2.52. The van der Waals surface area contributed by atoms with E-state index in [9.17, 15) is 4.79 Å². The lowest BCUT2D eigenvalue weighted by atomic mass is 9.83. The van der Waals surface area contributed by atoms with Crippen molar-refractivity contribution in [3.63, 3.8) is 0 Å². The molecule has 17 heavy (non-hydrogen) atoms. The molecule has 98 valence electrons. The molecule has 2 fully saturated rings. The third-order valence-electron chi connectivity index (χ3n) is 4.83. The molecule has 0 aromatic rings. The van der Waals surface area contributed by atoms with Crippen LogP contribution in [-0.2, 0) is 4.79 Å².